The third kappa shape index (κ3) is 3.71. The summed E-state index contributed by atoms with van der Waals surface area (Å²) in [6, 6.07) is 16.9. The Morgan fingerprint density at radius 3 is 2.68 bits per heavy atom. The zero-order valence-corrected chi connectivity index (χ0v) is 16.9. The molecule has 0 aliphatic heterocycles. The lowest BCUT2D eigenvalue weighted by Gasteiger charge is -2.13. The number of carbonyl (C=O) groups excluding carboxylic acids is 1. The van der Waals surface area contributed by atoms with Gasteiger partial charge in [-0.05, 0) is 60.0 Å². The van der Waals surface area contributed by atoms with Gasteiger partial charge in [-0.15, -0.1) is 0 Å². The zero-order chi connectivity index (χ0) is 21.4. The second-order valence-electron chi connectivity index (χ2n) is 7.49. The summed E-state index contributed by atoms with van der Waals surface area (Å²) in [5.74, 6) is 7.47. The molecule has 1 heterocycles. The Morgan fingerprint density at radius 2 is 1.90 bits per heavy atom. The second-order valence-corrected chi connectivity index (χ2v) is 7.49. The van der Waals surface area contributed by atoms with Crippen LogP contribution in [0.5, 0.6) is 23.0 Å². The molecule has 3 N–H and O–H groups in total. The van der Waals surface area contributed by atoms with Crippen LogP contribution in [0.1, 0.15) is 23.2 Å². The number of hydrogen-bond donors (Lipinski definition) is 2. The number of carbonyl (C=O) groups is 1. The van der Waals surface area contributed by atoms with E-state index in [4.69, 9.17) is 20.2 Å². The summed E-state index contributed by atoms with van der Waals surface area (Å²) in [7, 11) is 1.54. The Kier molecular flexibility index (Phi) is 4.80. The van der Waals surface area contributed by atoms with Crippen LogP contribution in [0.2, 0.25) is 0 Å². The molecule has 0 saturated heterocycles. The molecule has 1 aliphatic carbocycles. The lowest BCUT2D eigenvalue weighted by molar-refractivity contribution is 0.0952. The minimum Gasteiger partial charge on any atom is -0.493 e. The third-order valence-corrected chi connectivity index (χ3v) is 5.35. The van der Waals surface area contributed by atoms with E-state index in [0.29, 0.717) is 40.1 Å². The number of nitrogens with two attached hydrogens (primary N) is 1. The SMILES string of the molecule is COc1cc2nccc(Oc3ccc4c(C(=O)NC5CC5)cccc4c3)c2cc1ON. The van der Waals surface area contributed by atoms with Gasteiger partial charge in [0.2, 0.25) is 0 Å². The summed E-state index contributed by atoms with van der Waals surface area (Å²) in [6.45, 7) is 0. The van der Waals surface area contributed by atoms with Crippen molar-refractivity contribution >= 4 is 27.6 Å². The van der Waals surface area contributed by atoms with Gasteiger partial charge in [0.05, 0.1) is 12.6 Å². The van der Waals surface area contributed by atoms with Crippen molar-refractivity contribution < 1.29 is 19.1 Å². The predicted molar refractivity (Wildman–Crippen MR) is 118 cm³/mol. The molecule has 0 unspecified atom stereocenters. The molecule has 5 rings (SSSR count). The average molecular weight is 415 g/mol. The second kappa shape index (κ2) is 7.77. The van der Waals surface area contributed by atoms with Crippen LogP contribution in [0.4, 0.5) is 0 Å². The van der Waals surface area contributed by atoms with E-state index in [0.717, 1.165) is 29.0 Å². The number of nitrogens with one attached hydrogen (secondary N) is 1. The zero-order valence-electron chi connectivity index (χ0n) is 16.9. The van der Waals surface area contributed by atoms with Gasteiger partial charge in [0.25, 0.3) is 5.91 Å². The standard InChI is InChI=1S/C24H21N3O4/c1-29-22-13-20-19(12-23(22)31-25)21(9-10-26-20)30-16-7-8-17-14(11-16)3-2-4-18(17)24(28)27-15-5-6-15/h2-4,7-13,15H,5-6,25H2,1H3,(H,27,28). The molecule has 31 heavy (non-hydrogen) atoms. The molecule has 156 valence electrons. The lowest BCUT2D eigenvalue weighted by Crippen LogP contribution is -2.25. The van der Waals surface area contributed by atoms with Crippen LogP contribution >= 0.6 is 0 Å². The van der Waals surface area contributed by atoms with Gasteiger partial charge in [-0.25, -0.2) is 0 Å². The largest absolute Gasteiger partial charge is 0.493 e. The van der Waals surface area contributed by atoms with Crippen molar-refractivity contribution in [1.29, 1.82) is 0 Å². The van der Waals surface area contributed by atoms with Gasteiger partial charge in [-0.3, -0.25) is 9.78 Å². The molecule has 0 atom stereocenters. The summed E-state index contributed by atoms with van der Waals surface area (Å²) in [5, 5.41) is 5.59. The number of aromatic nitrogens is 1. The van der Waals surface area contributed by atoms with Crippen molar-refractivity contribution in [3.8, 4) is 23.0 Å². The predicted octanol–water partition coefficient (Wildman–Crippen LogP) is 4.33. The summed E-state index contributed by atoms with van der Waals surface area (Å²) in [4.78, 5) is 21.9. The maximum atomic E-state index is 12.6. The fourth-order valence-electron chi connectivity index (χ4n) is 3.61. The number of amides is 1. The van der Waals surface area contributed by atoms with Crippen LogP contribution < -0.4 is 25.5 Å². The molecule has 7 heteroatoms. The highest BCUT2D eigenvalue weighted by atomic mass is 16.6. The Bertz CT molecular complexity index is 1300. The molecule has 0 spiro atoms. The normalized spacial score (nSPS) is 13.2. The molecule has 4 aromatic rings. The number of pyridine rings is 1. The molecule has 1 aliphatic rings. The Hall–Kier alpha value is -3.84. The van der Waals surface area contributed by atoms with E-state index >= 15 is 0 Å². The highest BCUT2D eigenvalue weighted by molar-refractivity contribution is 6.07. The van der Waals surface area contributed by atoms with Crippen LogP contribution in [0.15, 0.2) is 60.8 Å². The van der Waals surface area contributed by atoms with Crippen LogP contribution in [0.3, 0.4) is 0 Å². The molecule has 7 nitrogen and oxygen atoms in total. The number of ether oxygens (including phenoxy) is 2. The first kappa shape index (κ1) is 19.1. The summed E-state index contributed by atoms with van der Waals surface area (Å²) in [6.07, 6.45) is 3.77. The molecular formula is C24H21N3O4. The molecule has 3 aromatic carbocycles. The van der Waals surface area contributed by atoms with E-state index in [1.165, 1.54) is 7.11 Å². The van der Waals surface area contributed by atoms with Gasteiger partial charge in [0.1, 0.15) is 11.5 Å². The van der Waals surface area contributed by atoms with E-state index in [9.17, 15) is 4.79 Å². The van der Waals surface area contributed by atoms with Crippen molar-refractivity contribution in [3.63, 3.8) is 0 Å². The molecule has 1 aromatic heterocycles. The maximum Gasteiger partial charge on any atom is 0.252 e. The number of benzene rings is 3. The number of methoxy groups -OCH3 is 1. The third-order valence-electron chi connectivity index (χ3n) is 5.35. The Morgan fingerprint density at radius 1 is 1.03 bits per heavy atom. The van der Waals surface area contributed by atoms with E-state index in [2.05, 4.69) is 10.3 Å². The fourth-order valence-corrected chi connectivity index (χ4v) is 3.61. The van der Waals surface area contributed by atoms with Gasteiger partial charge in [-0.2, -0.15) is 5.90 Å². The summed E-state index contributed by atoms with van der Waals surface area (Å²) >= 11 is 0. The van der Waals surface area contributed by atoms with Crippen molar-refractivity contribution in [1.82, 2.24) is 10.3 Å². The van der Waals surface area contributed by atoms with Crippen molar-refractivity contribution in [2.75, 3.05) is 7.11 Å². The molecule has 0 bridgehead atoms. The van der Waals surface area contributed by atoms with Crippen LogP contribution in [-0.4, -0.2) is 24.0 Å². The average Bonchev–Trinajstić information content (AvgIpc) is 3.61. The lowest BCUT2D eigenvalue weighted by atomic mass is 10.0. The van der Waals surface area contributed by atoms with Crippen LogP contribution in [0, 0.1) is 0 Å². The quantitative estimate of drug-likeness (QED) is 0.455. The summed E-state index contributed by atoms with van der Waals surface area (Å²) in [5.41, 5.74) is 1.36. The highest BCUT2D eigenvalue weighted by Crippen LogP contribution is 2.37. The van der Waals surface area contributed by atoms with Crippen molar-refractivity contribution in [3.05, 3.63) is 66.4 Å². The maximum absolute atomic E-state index is 12.6. The fraction of sp³-hybridized carbons (Fsp3) is 0.167. The smallest absolute Gasteiger partial charge is 0.252 e. The Balaban J connectivity index is 1.50. The first-order valence-corrected chi connectivity index (χ1v) is 10.0. The van der Waals surface area contributed by atoms with Crippen LogP contribution in [-0.2, 0) is 0 Å². The van der Waals surface area contributed by atoms with E-state index in [1.54, 1.807) is 24.4 Å². The molecule has 1 saturated carbocycles. The Labute approximate surface area is 178 Å². The van der Waals surface area contributed by atoms with E-state index in [1.807, 2.05) is 36.4 Å². The summed E-state index contributed by atoms with van der Waals surface area (Å²) < 4.78 is 11.5. The van der Waals surface area contributed by atoms with Gasteiger partial charge < -0.3 is 19.6 Å². The molecule has 1 fully saturated rings. The minimum atomic E-state index is -0.0369. The van der Waals surface area contributed by atoms with Gasteiger partial charge in [0, 0.05) is 29.3 Å². The number of nitrogens with zero attached hydrogens (tertiary/aromatic N) is 1. The van der Waals surface area contributed by atoms with Crippen molar-refractivity contribution in [2.45, 2.75) is 18.9 Å². The first-order chi connectivity index (χ1) is 15.2. The van der Waals surface area contributed by atoms with Crippen LogP contribution in [0.25, 0.3) is 21.7 Å². The first-order valence-electron chi connectivity index (χ1n) is 10.0. The van der Waals surface area contributed by atoms with Crippen molar-refractivity contribution in [2.24, 2.45) is 5.90 Å². The monoisotopic (exact) mass is 415 g/mol. The highest BCUT2D eigenvalue weighted by Gasteiger charge is 2.24. The number of rotatable bonds is 6. The van der Waals surface area contributed by atoms with E-state index < -0.39 is 0 Å². The van der Waals surface area contributed by atoms with Gasteiger partial charge in [0.15, 0.2) is 11.5 Å². The number of hydrogen-bond acceptors (Lipinski definition) is 6. The van der Waals surface area contributed by atoms with Gasteiger partial charge in [-0.1, -0.05) is 12.1 Å². The number of fused-ring (bicyclic) bond motifs is 2. The van der Waals surface area contributed by atoms with E-state index in [-0.39, 0.29) is 5.91 Å². The molecule has 1 amide bonds. The molecular weight excluding hydrogens is 394 g/mol. The minimum absolute atomic E-state index is 0.0369. The van der Waals surface area contributed by atoms with Gasteiger partial charge >= 0.3 is 0 Å². The molecule has 0 radical (unpaired) electrons. The topological polar surface area (TPSA) is 95.7 Å².